The fourth-order valence-corrected chi connectivity index (χ4v) is 3.17. The minimum atomic E-state index is -1.66. The molecule has 0 spiro atoms. The quantitative estimate of drug-likeness (QED) is 0.256. The van der Waals surface area contributed by atoms with E-state index in [-0.39, 0.29) is 5.92 Å². The molecule has 7 N–H and O–H groups in total. The van der Waals surface area contributed by atoms with Crippen molar-refractivity contribution in [2.45, 2.75) is 75.1 Å². The van der Waals surface area contributed by atoms with E-state index in [2.05, 4.69) is 0 Å². The van der Waals surface area contributed by atoms with Gasteiger partial charge in [0, 0.05) is 0 Å². The Kier molecular flexibility index (Phi) is 7.13. The molecular weight excluding hydrogens is 340 g/mol. The average molecular weight is 368 g/mol. The van der Waals surface area contributed by atoms with E-state index in [1.165, 1.54) is 0 Å². The number of ether oxygens (including phenoxy) is 3. The van der Waals surface area contributed by atoms with Gasteiger partial charge in [-0.2, -0.15) is 0 Å². The van der Waals surface area contributed by atoms with E-state index in [1.807, 2.05) is 0 Å². The molecule has 148 valence electrons. The van der Waals surface area contributed by atoms with Crippen LogP contribution in [0.5, 0.6) is 0 Å². The van der Waals surface area contributed by atoms with Crippen LogP contribution in [0.25, 0.3) is 0 Å². The Hall–Kier alpha value is -0.400. The maximum absolute atomic E-state index is 10.4. The van der Waals surface area contributed by atoms with Crippen molar-refractivity contribution >= 4 is 0 Å². The molecule has 0 radical (unpaired) electrons. The van der Waals surface area contributed by atoms with Crippen molar-refractivity contribution in [2.24, 2.45) is 5.92 Å². The smallest absolute Gasteiger partial charge is 0.187 e. The Morgan fingerprint density at radius 1 is 0.760 bits per heavy atom. The Bertz CT molecular complexity index is 417. The predicted octanol–water partition coefficient (Wildman–Crippen LogP) is -3.69. The van der Waals surface area contributed by atoms with Crippen molar-refractivity contribution in [3.63, 3.8) is 0 Å². The molecule has 25 heavy (non-hydrogen) atoms. The number of aliphatic hydroxyl groups is 7. The zero-order valence-electron chi connectivity index (χ0n) is 14.1. The second-order valence-corrected chi connectivity index (χ2v) is 6.84. The third-order valence-electron chi connectivity index (χ3n) is 4.70. The van der Waals surface area contributed by atoms with Gasteiger partial charge in [-0.1, -0.05) is 13.8 Å². The largest absolute Gasteiger partial charge is 0.394 e. The standard InChI is InChI=1S/C15H28O10/c1-5(2)13-10(20)11(21)14(7(4-17)23-13)25-15-12(22)9(19)8(18)6(3-16)24-15/h5-22H,3-4H2,1-2H3/t6?,7?,8-,9-,10?,11+,12?,13-,14-,15-/m1/s1. The first-order valence-corrected chi connectivity index (χ1v) is 8.31. The van der Waals surface area contributed by atoms with E-state index in [0.29, 0.717) is 0 Å². The topological polar surface area (TPSA) is 169 Å². The van der Waals surface area contributed by atoms with Gasteiger partial charge in [-0.15, -0.1) is 0 Å². The molecular formula is C15H28O10. The molecule has 2 saturated heterocycles. The lowest BCUT2D eigenvalue weighted by molar-refractivity contribution is -0.343. The van der Waals surface area contributed by atoms with E-state index in [0.717, 1.165) is 0 Å². The summed E-state index contributed by atoms with van der Waals surface area (Å²) in [5.74, 6) is -0.132. The van der Waals surface area contributed by atoms with E-state index in [4.69, 9.17) is 14.2 Å². The maximum Gasteiger partial charge on any atom is 0.187 e. The third-order valence-corrected chi connectivity index (χ3v) is 4.70. The number of hydrogen-bond donors (Lipinski definition) is 7. The molecule has 0 aromatic rings. The lowest BCUT2D eigenvalue weighted by Gasteiger charge is -2.47. The highest BCUT2D eigenvalue weighted by Crippen LogP contribution is 2.31. The van der Waals surface area contributed by atoms with Crippen LogP contribution in [0.4, 0.5) is 0 Å². The first kappa shape index (κ1) is 20.9. The minimum Gasteiger partial charge on any atom is -0.394 e. The van der Waals surface area contributed by atoms with Crippen LogP contribution < -0.4 is 0 Å². The van der Waals surface area contributed by atoms with Gasteiger partial charge in [0.25, 0.3) is 0 Å². The van der Waals surface area contributed by atoms with Gasteiger partial charge in [-0.25, -0.2) is 0 Å². The Balaban J connectivity index is 2.14. The SMILES string of the molecule is CC(C)[C@H]1OC(CO)[C@@H](O[C@H]2OC(CO)[C@@H](O)[C@@H](O)C2O)[C@@H](O)C1O. The lowest BCUT2D eigenvalue weighted by Crippen LogP contribution is -2.65. The number of rotatable bonds is 5. The molecule has 2 aliphatic rings. The van der Waals surface area contributed by atoms with E-state index in [9.17, 15) is 35.7 Å². The Morgan fingerprint density at radius 3 is 1.88 bits per heavy atom. The highest BCUT2D eigenvalue weighted by molar-refractivity contribution is 4.96. The van der Waals surface area contributed by atoms with Crippen molar-refractivity contribution in [1.29, 1.82) is 0 Å². The first-order valence-electron chi connectivity index (χ1n) is 8.31. The van der Waals surface area contributed by atoms with Gasteiger partial charge in [-0.3, -0.25) is 0 Å². The van der Waals surface area contributed by atoms with Crippen LogP contribution in [0.3, 0.4) is 0 Å². The summed E-state index contributed by atoms with van der Waals surface area (Å²) in [5.41, 5.74) is 0. The summed E-state index contributed by atoms with van der Waals surface area (Å²) in [6.45, 7) is 2.42. The Labute approximate surface area is 145 Å². The van der Waals surface area contributed by atoms with Crippen LogP contribution in [0.2, 0.25) is 0 Å². The fraction of sp³-hybridized carbons (Fsp3) is 1.00. The zero-order chi connectivity index (χ0) is 18.9. The molecule has 4 unspecified atom stereocenters. The van der Waals surface area contributed by atoms with Crippen molar-refractivity contribution in [3.05, 3.63) is 0 Å². The summed E-state index contributed by atoms with van der Waals surface area (Å²) >= 11 is 0. The molecule has 0 saturated carbocycles. The number of hydrogen-bond acceptors (Lipinski definition) is 10. The van der Waals surface area contributed by atoms with Gasteiger partial charge in [0.1, 0.15) is 48.8 Å². The summed E-state index contributed by atoms with van der Waals surface area (Å²) in [4.78, 5) is 0. The van der Waals surface area contributed by atoms with Crippen LogP contribution in [0.15, 0.2) is 0 Å². The van der Waals surface area contributed by atoms with Gasteiger partial charge < -0.3 is 50.0 Å². The lowest BCUT2D eigenvalue weighted by atomic mass is 9.89. The normalized spacial score (nSPS) is 48.7. The van der Waals surface area contributed by atoms with Gasteiger partial charge in [0.15, 0.2) is 6.29 Å². The fourth-order valence-electron chi connectivity index (χ4n) is 3.17. The average Bonchev–Trinajstić information content (AvgIpc) is 2.58. The van der Waals surface area contributed by atoms with E-state index < -0.39 is 74.4 Å². The molecule has 10 nitrogen and oxygen atoms in total. The van der Waals surface area contributed by atoms with Gasteiger partial charge in [0.2, 0.25) is 0 Å². The van der Waals surface area contributed by atoms with Crippen molar-refractivity contribution in [3.8, 4) is 0 Å². The second-order valence-electron chi connectivity index (χ2n) is 6.84. The molecule has 2 fully saturated rings. The molecule has 0 aliphatic carbocycles. The van der Waals surface area contributed by atoms with Gasteiger partial charge in [-0.05, 0) is 5.92 Å². The molecule has 0 bridgehead atoms. The van der Waals surface area contributed by atoms with Crippen molar-refractivity contribution < 1.29 is 50.0 Å². The summed E-state index contributed by atoms with van der Waals surface area (Å²) in [6.07, 6.45) is -13.2. The second kappa shape index (κ2) is 8.53. The summed E-state index contributed by atoms with van der Waals surface area (Å²) in [7, 11) is 0. The van der Waals surface area contributed by atoms with Crippen LogP contribution >= 0.6 is 0 Å². The zero-order valence-corrected chi connectivity index (χ0v) is 14.1. The van der Waals surface area contributed by atoms with Crippen LogP contribution in [0, 0.1) is 5.92 Å². The van der Waals surface area contributed by atoms with Gasteiger partial charge in [0.05, 0.1) is 19.3 Å². The summed E-state index contributed by atoms with van der Waals surface area (Å²) < 4.78 is 16.3. The molecule has 2 heterocycles. The van der Waals surface area contributed by atoms with Crippen molar-refractivity contribution in [2.75, 3.05) is 13.2 Å². The van der Waals surface area contributed by atoms with Crippen molar-refractivity contribution in [1.82, 2.24) is 0 Å². The molecule has 0 aromatic carbocycles. The highest BCUT2D eigenvalue weighted by atomic mass is 16.7. The van der Waals surface area contributed by atoms with E-state index >= 15 is 0 Å². The highest BCUT2D eigenvalue weighted by Gasteiger charge is 2.50. The Morgan fingerprint density at radius 2 is 1.36 bits per heavy atom. The third kappa shape index (κ3) is 4.14. The van der Waals surface area contributed by atoms with Crippen LogP contribution in [-0.4, -0.2) is 110 Å². The predicted molar refractivity (Wildman–Crippen MR) is 81.2 cm³/mol. The summed E-state index contributed by atoms with van der Waals surface area (Å²) in [6, 6.07) is 0. The maximum atomic E-state index is 10.4. The number of aliphatic hydroxyl groups excluding tert-OH is 7. The molecule has 10 atom stereocenters. The molecule has 2 aliphatic heterocycles. The summed E-state index contributed by atoms with van der Waals surface area (Å²) in [5, 5.41) is 68.8. The van der Waals surface area contributed by atoms with Gasteiger partial charge >= 0.3 is 0 Å². The minimum absolute atomic E-state index is 0.132. The van der Waals surface area contributed by atoms with Crippen LogP contribution in [0.1, 0.15) is 13.8 Å². The monoisotopic (exact) mass is 368 g/mol. The van der Waals surface area contributed by atoms with E-state index in [1.54, 1.807) is 13.8 Å². The van der Waals surface area contributed by atoms with Crippen LogP contribution in [-0.2, 0) is 14.2 Å². The molecule has 0 aromatic heterocycles. The molecule has 2 rings (SSSR count). The molecule has 10 heteroatoms. The first-order chi connectivity index (χ1) is 11.7. The molecule has 0 amide bonds.